The van der Waals surface area contributed by atoms with Crippen molar-refractivity contribution in [2.24, 2.45) is 0 Å². The first kappa shape index (κ1) is 12.2. The third-order valence-electron chi connectivity index (χ3n) is 3.18. The summed E-state index contributed by atoms with van der Waals surface area (Å²) < 4.78 is 0. The molecule has 0 aromatic carbocycles. The molecule has 0 spiro atoms. The standard InChI is InChI=1S/C12H16N2O2S/c1-8-9(2)17-6-5-14(8)12(16)10-3-4-11(15)13-7-10/h3-4,7-9H,5-6H2,1-2H3,(H,13,15). The maximum atomic E-state index is 12.3. The smallest absolute Gasteiger partial charge is 0.255 e. The Hall–Kier alpha value is -1.23. The lowest BCUT2D eigenvalue weighted by atomic mass is 10.1. The first-order valence-electron chi connectivity index (χ1n) is 5.71. The average Bonchev–Trinajstić information content (AvgIpc) is 2.33. The van der Waals surface area contributed by atoms with Gasteiger partial charge in [0, 0.05) is 35.9 Å². The number of aromatic nitrogens is 1. The number of amides is 1. The third kappa shape index (κ3) is 2.54. The van der Waals surface area contributed by atoms with Crippen LogP contribution in [0.25, 0.3) is 0 Å². The van der Waals surface area contributed by atoms with E-state index in [1.54, 1.807) is 6.07 Å². The maximum Gasteiger partial charge on any atom is 0.255 e. The van der Waals surface area contributed by atoms with E-state index in [4.69, 9.17) is 0 Å². The van der Waals surface area contributed by atoms with Crippen LogP contribution in [-0.2, 0) is 0 Å². The second-order valence-electron chi connectivity index (χ2n) is 4.26. The van der Waals surface area contributed by atoms with E-state index < -0.39 is 0 Å². The zero-order valence-corrected chi connectivity index (χ0v) is 10.8. The summed E-state index contributed by atoms with van der Waals surface area (Å²) in [6, 6.07) is 3.20. The van der Waals surface area contributed by atoms with Crippen LogP contribution in [0.3, 0.4) is 0 Å². The Bertz CT molecular complexity index is 451. The van der Waals surface area contributed by atoms with Crippen molar-refractivity contribution in [1.29, 1.82) is 0 Å². The number of H-pyrrole nitrogens is 1. The molecule has 0 saturated carbocycles. The molecule has 1 aliphatic heterocycles. The van der Waals surface area contributed by atoms with Crippen molar-refractivity contribution < 1.29 is 4.79 Å². The molecule has 1 N–H and O–H groups in total. The number of carbonyl (C=O) groups is 1. The summed E-state index contributed by atoms with van der Waals surface area (Å²) in [6.45, 7) is 4.98. The maximum absolute atomic E-state index is 12.3. The van der Waals surface area contributed by atoms with Gasteiger partial charge in [-0.25, -0.2) is 0 Å². The summed E-state index contributed by atoms with van der Waals surface area (Å²) >= 11 is 1.89. The zero-order chi connectivity index (χ0) is 12.4. The lowest BCUT2D eigenvalue weighted by Gasteiger charge is -2.37. The predicted molar refractivity (Wildman–Crippen MR) is 69.5 cm³/mol. The number of aromatic amines is 1. The van der Waals surface area contributed by atoms with Gasteiger partial charge < -0.3 is 9.88 Å². The number of hydrogen-bond donors (Lipinski definition) is 1. The molecule has 2 atom stereocenters. The summed E-state index contributed by atoms with van der Waals surface area (Å²) in [5.41, 5.74) is 0.368. The summed E-state index contributed by atoms with van der Waals surface area (Å²) in [5.74, 6) is 0.974. The minimum absolute atomic E-state index is 0.000833. The van der Waals surface area contributed by atoms with E-state index in [9.17, 15) is 9.59 Å². The number of nitrogens with zero attached hydrogens (tertiary/aromatic N) is 1. The summed E-state index contributed by atoms with van der Waals surface area (Å²) in [7, 11) is 0. The van der Waals surface area contributed by atoms with E-state index in [1.165, 1.54) is 12.3 Å². The Balaban J connectivity index is 2.19. The number of thioether (sulfide) groups is 1. The predicted octanol–water partition coefficient (Wildman–Crippen LogP) is 1.34. The Morgan fingerprint density at radius 2 is 2.24 bits per heavy atom. The van der Waals surface area contributed by atoms with Gasteiger partial charge in [0.1, 0.15) is 0 Å². The monoisotopic (exact) mass is 252 g/mol. The molecule has 1 fully saturated rings. The molecule has 2 rings (SSSR count). The number of carbonyl (C=O) groups excluding carboxylic acids is 1. The van der Waals surface area contributed by atoms with Crippen molar-refractivity contribution in [2.45, 2.75) is 25.1 Å². The summed E-state index contributed by atoms with van der Waals surface area (Å²) in [4.78, 5) is 27.6. The molecule has 2 unspecified atom stereocenters. The Morgan fingerprint density at radius 3 is 2.88 bits per heavy atom. The lowest BCUT2D eigenvalue weighted by molar-refractivity contribution is 0.0697. The van der Waals surface area contributed by atoms with E-state index in [1.807, 2.05) is 16.7 Å². The van der Waals surface area contributed by atoms with Crippen LogP contribution in [-0.4, -0.2) is 39.4 Å². The van der Waals surface area contributed by atoms with Gasteiger partial charge in [0.2, 0.25) is 5.56 Å². The van der Waals surface area contributed by atoms with Crippen molar-refractivity contribution >= 4 is 17.7 Å². The minimum atomic E-state index is -0.183. The highest BCUT2D eigenvalue weighted by Crippen LogP contribution is 2.25. The number of nitrogens with one attached hydrogen (secondary N) is 1. The molecule has 1 saturated heterocycles. The van der Waals surface area contributed by atoms with Gasteiger partial charge in [0.25, 0.3) is 5.91 Å². The molecular formula is C12H16N2O2S. The normalized spacial score (nSPS) is 24.7. The van der Waals surface area contributed by atoms with Gasteiger partial charge >= 0.3 is 0 Å². The van der Waals surface area contributed by atoms with Crippen molar-refractivity contribution in [3.8, 4) is 0 Å². The van der Waals surface area contributed by atoms with Crippen molar-refractivity contribution in [2.75, 3.05) is 12.3 Å². The van der Waals surface area contributed by atoms with Gasteiger partial charge in [-0.1, -0.05) is 6.92 Å². The first-order valence-corrected chi connectivity index (χ1v) is 6.76. The zero-order valence-electron chi connectivity index (χ0n) is 9.97. The fraction of sp³-hybridized carbons (Fsp3) is 0.500. The van der Waals surface area contributed by atoms with E-state index in [0.717, 1.165) is 12.3 Å². The number of hydrogen-bond acceptors (Lipinski definition) is 3. The molecule has 1 aromatic heterocycles. The minimum Gasteiger partial charge on any atom is -0.334 e. The lowest BCUT2D eigenvalue weighted by Crippen LogP contribution is -2.48. The van der Waals surface area contributed by atoms with Crippen molar-refractivity contribution in [3.63, 3.8) is 0 Å². The molecule has 92 valence electrons. The Kier molecular flexibility index (Phi) is 3.57. The molecule has 4 nitrogen and oxygen atoms in total. The van der Waals surface area contributed by atoms with Crippen LogP contribution in [0.4, 0.5) is 0 Å². The van der Waals surface area contributed by atoms with Crippen LogP contribution < -0.4 is 5.56 Å². The molecule has 0 radical (unpaired) electrons. The van der Waals surface area contributed by atoms with Crippen LogP contribution in [0.1, 0.15) is 24.2 Å². The molecule has 0 bridgehead atoms. The number of pyridine rings is 1. The van der Waals surface area contributed by atoms with Crippen molar-refractivity contribution in [3.05, 3.63) is 34.2 Å². The molecular weight excluding hydrogens is 236 g/mol. The van der Waals surface area contributed by atoms with Crippen molar-refractivity contribution in [1.82, 2.24) is 9.88 Å². The quantitative estimate of drug-likeness (QED) is 0.820. The van der Waals surface area contributed by atoms with E-state index in [2.05, 4.69) is 18.8 Å². The van der Waals surface area contributed by atoms with Crippen LogP contribution in [0.5, 0.6) is 0 Å². The van der Waals surface area contributed by atoms with Gasteiger partial charge in [0.05, 0.1) is 5.56 Å². The van der Waals surface area contributed by atoms with Gasteiger partial charge in [-0.05, 0) is 13.0 Å². The molecule has 1 aliphatic rings. The topological polar surface area (TPSA) is 53.2 Å². The molecule has 17 heavy (non-hydrogen) atoms. The largest absolute Gasteiger partial charge is 0.334 e. The third-order valence-corrected chi connectivity index (χ3v) is 4.51. The molecule has 2 heterocycles. The molecule has 1 aromatic rings. The Labute approximate surface area is 104 Å². The van der Waals surface area contributed by atoms with Gasteiger partial charge in [-0.2, -0.15) is 11.8 Å². The van der Waals surface area contributed by atoms with Crippen LogP contribution in [0.15, 0.2) is 23.1 Å². The van der Waals surface area contributed by atoms with Crippen LogP contribution in [0.2, 0.25) is 0 Å². The average molecular weight is 252 g/mol. The second kappa shape index (κ2) is 4.96. The number of rotatable bonds is 1. The fourth-order valence-corrected chi connectivity index (χ4v) is 3.03. The highest BCUT2D eigenvalue weighted by molar-refractivity contribution is 8.00. The summed E-state index contributed by atoms with van der Waals surface area (Å²) in [5, 5.41) is 0.454. The Morgan fingerprint density at radius 1 is 1.47 bits per heavy atom. The van der Waals surface area contributed by atoms with E-state index >= 15 is 0 Å². The SMILES string of the molecule is CC1SCCN(C(=O)c2ccc(=O)[nH]c2)C1C. The van der Waals surface area contributed by atoms with Crippen LogP contribution >= 0.6 is 11.8 Å². The fourth-order valence-electron chi connectivity index (χ4n) is 1.93. The van der Waals surface area contributed by atoms with Crippen LogP contribution in [0, 0.1) is 0 Å². The van der Waals surface area contributed by atoms with Gasteiger partial charge in [-0.3, -0.25) is 9.59 Å². The first-order chi connectivity index (χ1) is 8.09. The van der Waals surface area contributed by atoms with Gasteiger partial charge in [0.15, 0.2) is 0 Å². The second-order valence-corrected chi connectivity index (χ2v) is 5.74. The summed E-state index contributed by atoms with van der Waals surface area (Å²) in [6.07, 6.45) is 1.49. The highest BCUT2D eigenvalue weighted by Gasteiger charge is 2.29. The molecule has 0 aliphatic carbocycles. The van der Waals surface area contributed by atoms with E-state index in [0.29, 0.717) is 10.8 Å². The highest BCUT2D eigenvalue weighted by atomic mass is 32.2. The molecule has 1 amide bonds. The van der Waals surface area contributed by atoms with Gasteiger partial charge in [-0.15, -0.1) is 0 Å². The van der Waals surface area contributed by atoms with E-state index in [-0.39, 0.29) is 17.5 Å². The molecule has 5 heteroatoms.